The van der Waals surface area contributed by atoms with Gasteiger partial charge in [-0.25, -0.2) is 8.42 Å². The predicted molar refractivity (Wildman–Crippen MR) is 81.9 cm³/mol. The van der Waals surface area contributed by atoms with Crippen molar-refractivity contribution in [3.8, 4) is 0 Å². The molecular weight excluding hydrogens is 319 g/mol. The molecule has 4 nitrogen and oxygen atoms in total. The van der Waals surface area contributed by atoms with Crippen LogP contribution in [0.25, 0.3) is 0 Å². The van der Waals surface area contributed by atoms with Crippen LogP contribution in [0.2, 0.25) is 5.02 Å². The van der Waals surface area contributed by atoms with Crippen LogP contribution in [0.15, 0.2) is 23.1 Å². The first kappa shape index (κ1) is 16.0. The minimum atomic E-state index is -3.47. The number of hydrogen-bond donors (Lipinski definition) is 0. The summed E-state index contributed by atoms with van der Waals surface area (Å²) in [5.74, 6) is 0.269. The summed E-state index contributed by atoms with van der Waals surface area (Å²) in [6.45, 7) is 1.06. The van der Waals surface area contributed by atoms with Crippen molar-refractivity contribution >= 4 is 33.2 Å². The smallest absolute Gasteiger partial charge is 0.243 e. The molecule has 1 aromatic carbocycles. The molecule has 0 bridgehead atoms. The van der Waals surface area contributed by atoms with Gasteiger partial charge in [0.1, 0.15) is 0 Å². The zero-order valence-electron chi connectivity index (χ0n) is 11.5. The highest BCUT2D eigenvalue weighted by Gasteiger charge is 2.33. The van der Waals surface area contributed by atoms with E-state index < -0.39 is 10.0 Å². The number of sulfonamides is 1. The molecule has 1 aliphatic rings. The molecule has 0 aromatic heterocycles. The van der Waals surface area contributed by atoms with Crippen LogP contribution in [-0.4, -0.2) is 50.8 Å². The molecule has 1 atom stereocenters. The third-order valence-electron chi connectivity index (χ3n) is 3.66. The Morgan fingerprint density at radius 2 is 2.10 bits per heavy atom. The molecule has 1 fully saturated rings. The fourth-order valence-electron chi connectivity index (χ4n) is 2.30. The molecule has 0 spiro atoms. The van der Waals surface area contributed by atoms with Crippen molar-refractivity contribution < 1.29 is 8.42 Å². The van der Waals surface area contributed by atoms with Gasteiger partial charge in [-0.05, 0) is 38.2 Å². The molecule has 0 aliphatic carbocycles. The number of rotatable bonds is 4. The van der Waals surface area contributed by atoms with Gasteiger partial charge >= 0.3 is 0 Å². The van der Waals surface area contributed by atoms with Crippen molar-refractivity contribution in [2.75, 3.05) is 27.2 Å². The van der Waals surface area contributed by atoms with E-state index in [9.17, 15) is 8.42 Å². The first-order valence-electron chi connectivity index (χ1n) is 6.37. The van der Waals surface area contributed by atoms with Gasteiger partial charge in [-0.15, -0.1) is 11.6 Å². The van der Waals surface area contributed by atoms with Gasteiger partial charge < -0.3 is 4.90 Å². The molecule has 1 unspecified atom stereocenters. The van der Waals surface area contributed by atoms with Crippen LogP contribution in [0.1, 0.15) is 12.0 Å². The number of likely N-dealkylation sites (N-methyl/N-ethyl adjacent to an activating group) is 1. The number of halogens is 2. The molecule has 0 amide bonds. The Bertz CT molecular complexity index is 590. The second kappa shape index (κ2) is 6.20. The minimum Gasteiger partial charge on any atom is -0.305 e. The van der Waals surface area contributed by atoms with Gasteiger partial charge in [-0.1, -0.05) is 17.7 Å². The lowest BCUT2D eigenvalue weighted by Gasteiger charge is -2.20. The third kappa shape index (κ3) is 3.12. The van der Waals surface area contributed by atoms with Gasteiger partial charge in [0, 0.05) is 30.0 Å². The largest absolute Gasteiger partial charge is 0.305 e. The second-order valence-electron chi connectivity index (χ2n) is 5.16. The van der Waals surface area contributed by atoms with Gasteiger partial charge in [0.05, 0.1) is 4.90 Å². The highest BCUT2D eigenvalue weighted by molar-refractivity contribution is 7.89. The van der Waals surface area contributed by atoms with Crippen LogP contribution >= 0.6 is 23.2 Å². The number of benzene rings is 1. The van der Waals surface area contributed by atoms with Crippen molar-refractivity contribution in [3.63, 3.8) is 0 Å². The molecule has 0 saturated carbocycles. The molecule has 1 aliphatic heterocycles. The van der Waals surface area contributed by atoms with Crippen molar-refractivity contribution in [3.05, 3.63) is 28.8 Å². The Morgan fingerprint density at radius 3 is 2.60 bits per heavy atom. The van der Waals surface area contributed by atoms with Gasteiger partial charge in [0.2, 0.25) is 10.0 Å². The Hall–Kier alpha value is -0.330. The van der Waals surface area contributed by atoms with E-state index in [1.54, 1.807) is 12.1 Å². The standard InChI is InChI=1S/C13H18Cl2N2O2S/c1-16(2)11-5-6-17(9-11)20(18,19)12-4-3-10(8-14)13(15)7-12/h3-4,7,11H,5-6,8-9H2,1-2H3. The van der Waals surface area contributed by atoms with Gasteiger partial charge in [-0.2, -0.15) is 4.31 Å². The van der Waals surface area contributed by atoms with E-state index in [0.717, 1.165) is 12.0 Å². The maximum absolute atomic E-state index is 12.6. The second-order valence-corrected chi connectivity index (χ2v) is 7.77. The van der Waals surface area contributed by atoms with Gasteiger partial charge in [0.15, 0.2) is 0 Å². The number of hydrogen-bond acceptors (Lipinski definition) is 3. The van der Waals surface area contributed by atoms with Crippen molar-refractivity contribution in [1.29, 1.82) is 0 Å². The Labute approximate surface area is 130 Å². The van der Waals surface area contributed by atoms with Crippen molar-refractivity contribution in [1.82, 2.24) is 9.21 Å². The molecule has 0 N–H and O–H groups in total. The number of nitrogens with zero attached hydrogens (tertiary/aromatic N) is 2. The van der Waals surface area contributed by atoms with E-state index in [1.807, 2.05) is 14.1 Å². The summed E-state index contributed by atoms with van der Waals surface area (Å²) in [4.78, 5) is 2.29. The minimum absolute atomic E-state index is 0.232. The quantitative estimate of drug-likeness (QED) is 0.792. The molecule has 0 radical (unpaired) electrons. The summed E-state index contributed by atoms with van der Waals surface area (Å²) in [5, 5.41) is 0.393. The highest BCUT2D eigenvalue weighted by Crippen LogP contribution is 2.27. The summed E-state index contributed by atoms with van der Waals surface area (Å²) in [5.41, 5.74) is 0.736. The lowest BCUT2D eigenvalue weighted by molar-refractivity contribution is 0.302. The fourth-order valence-corrected chi connectivity index (χ4v) is 4.43. The summed E-state index contributed by atoms with van der Waals surface area (Å²) < 4.78 is 26.7. The van der Waals surface area contributed by atoms with Gasteiger partial charge in [-0.3, -0.25) is 0 Å². The Morgan fingerprint density at radius 1 is 1.40 bits per heavy atom. The van der Waals surface area contributed by atoms with E-state index >= 15 is 0 Å². The average molecular weight is 337 g/mol. The van der Waals surface area contributed by atoms with E-state index in [0.29, 0.717) is 18.1 Å². The Balaban J connectivity index is 2.25. The summed E-state index contributed by atoms with van der Waals surface area (Å²) in [7, 11) is 0.457. The van der Waals surface area contributed by atoms with Crippen LogP contribution in [0.3, 0.4) is 0 Å². The van der Waals surface area contributed by atoms with E-state index in [-0.39, 0.29) is 16.8 Å². The third-order valence-corrected chi connectivity index (χ3v) is 6.16. The monoisotopic (exact) mass is 336 g/mol. The molecule has 1 saturated heterocycles. The Kier molecular flexibility index (Phi) is 4.97. The topological polar surface area (TPSA) is 40.6 Å². The molecule has 7 heteroatoms. The van der Waals surface area contributed by atoms with Crippen LogP contribution in [-0.2, 0) is 15.9 Å². The van der Waals surface area contributed by atoms with Crippen molar-refractivity contribution in [2.24, 2.45) is 0 Å². The first-order valence-corrected chi connectivity index (χ1v) is 8.72. The summed E-state index contributed by atoms with van der Waals surface area (Å²) in [6, 6.07) is 4.99. The predicted octanol–water partition coefficient (Wildman–Crippen LogP) is 2.40. The first-order chi connectivity index (χ1) is 9.36. The van der Waals surface area contributed by atoms with E-state index in [2.05, 4.69) is 4.90 Å². The molecule has 2 rings (SSSR count). The summed E-state index contributed by atoms with van der Waals surface area (Å²) >= 11 is 11.8. The fraction of sp³-hybridized carbons (Fsp3) is 0.538. The highest BCUT2D eigenvalue weighted by atomic mass is 35.5. The van der Waals surface area contributed by atoms with Crippen LogP contribution in [0.5, 0.6) is 0 Å². The lowest BCUT2D eigenvalue weighted by atomic mass is 10.2. The normalized spacial score (nSPS) is 20.8. The zero-order valence-corrected chi connectivity index (χ0v) is 13.8. The lowest BCUT2D eigenvalue weighted by Crippen LogP contribution is -2.34. The summed E-state index contributed by atoms with van der Waals surface area (Å²) in [6.07, 6.45) is 0.847. The average Bonchev–Trinajstić information content (AvgIpc) is 2.89. The molecule has 20 heavy (non-hydrogen) atoms. The van der Waals surface area contributed by atoms with Crippen LogP contribution in [0.4, 0.5) is 0 Å². The van der Waals surface area contributed by atoms with E-state index in [1.165, 1.54) is 10.4 Å². The van der Waals surface area contributed by atoms with Crippen LogP contribution < -0.4 is 0 Å². The van der Waals surface area contributed by atoms with Crippen LogP contribution in [0, 0.1) is 0 Å². The molecule has 1 heterocycles. The van der Waals surface area contributed by atoms with Crippen molar-refractivity contribution in [2.45, 2.75) is 23.2 Å². The molecule has 112 valence electrons. The maximum Gasteiger partial charge on any atom is 0.243 e. The SMILES string of the molecule is CN(C)C1CCN(S(=O)(=O)c2ccc(CCl)c(Cl)c2)C1. The zero-order chi connectivity index (χ0) is 14.9. The molecular formula is C13H18Cl2N2O2S. The van der Waals surface area contributed by atoms with Gasteiger partial charge in [0.25, 0.3) is 0 Å². The maximum atomic E-state index is 12.6. The molecule has 1 aromatic rings. The van der Waals surface area contributed by atoms with E-state index in [4.69, 9.17) is 23.2 Å². The number of alkyl halides is 1.